The van der Waals surface area contributed by atoms with E-state index in [4.69, 9.17) is 15.2 Å². The van der Waals surface area contributed by atoms with Crippen LogP contribution in [0.2, 0.25) is 0 Å². The highest BCUT2D eigenvalue weighted by atomic mass is 19.1. The second-order valence-electron chi connectivity index (χ2n) is 7.42. The topological polar surface area (TPSA) is 73.6 Å². The summed E-state index contributed by atoms with van der Waals surface area (Å²) < 4.78 is 24.2. The van der Waals surface area contributed by atoms with Crippen LogP contribution in [0.3, 0.4) is 0 Å². The lowest BCUT2D eigenvalue weighted by atomic mass is 9.96. The molecule has 6 heteroatoms. The molecule has 3 aromatic carbocycles. The molecule has 5 nitrogen and oxygen atoms in total. The number of aryl methyl sites for hydroxylation is 1. The van der Waals surface area contributed by atoms with Gasteiger partial charge in [-0.05, 0) is 84.1 Å². The zero-order valence-corrected chi connectivity index (χ0v) is 18.2. The average Bonchev–Trinajstić information content (AvgIpc) is 2.78. The zero-order valence-electron chi connectivity index (χ0n) is 18.2. The van der Waals surface area contributed by atoms with Crippen molar-refractivity contribution in [3.8, 4) is 22.6 Å². The van der Waals surface area contributed by atoms with Gasteiger partial charge in [0.1, 0.15) is 17.3 Å². The number of nitrogens with one attached hydrogen (secondary N) is 1. The molecule has 1 unspecified atom stereocenters. The van der Waals surface area contributed by atoms with Gasteiger partial charge >= 0.3 is 0 Å². The van der Waals surface area contributed by atoms with Crippen molar-refractivity contribution in [2.45, 2.75) is 26.4 Å². The van der Waals surface area contributed by atoms with Crippen LogP contribution < -0.4 is 20.5 Å². The summed E-state index contributed by atoms with van der Waals surface area (Å²) in [6, 6.07) is 15.3. The Balaban J connectivity index is 1.91. The third kappa shape index (κ3) is 5.22. The molecule has 3 rings (SSSR count). The minimum absolute atomic E-state index is 0.231. The largest absolute Gasteiger partial charge is 0.497 e. The summed E-state index contributed by atoms with van der Waals surface area (Å²) in [7, 11) is 3.16. The maximum absolute atomic E-state index is 13.5. The Morgan fingerprint density at radius 3 is 2.29 bits per heavy atom. The van der Waals surface area contributed by atoms with Crippen LogP contribution in [0.4, 0.5) is 4.39 Å². The molecule has 1 amide bonds. The minimum atomic E-state index is -0.295. The first-order valence-electron chi connectivity index (χ1n) is 9.99. The van der Waals surface area contributed by atoms with Gasteiger partial charge in [-0.15, -0.1) is 0 Å². The van der Waals surface area contributed by atoms with E-state index in [2.05, 4.69) is 5.32 Å². The summed E-state index contributed by atoms with van der Waals surface area (Å²) >= 11 is 0. The first-order chi connectivity index (χ1) is 14.8. The van der Waals surface area contributed by atoms with E-state index in [0.717, 1.165) is 27.8 Å². The normalized spacial score (nSPS) is 11.7. The molecule has 0 heterocycles. The fourth-order valence-electron chi connectivity index (χ4n) is 3.49. The molecular formula is C25H27FN2O3. The van der Waals surface area contributed by atoms with Crippen LogP contribution in [0.25, 0.3) is 11.1 Å². The van der Waals surface area contributed by atoms with Gasteiger partial charge in [0.05, 0.1) is 20.3 Å². The van der Waals surface area contributed by atoms with Crippen molar-refractivity contribution < 1.29 is 18.7 Å². The highest BCUT2D eigenvalue weighted by Gasteiger charge is 2.16. The highest BCUT2D eigenvalue weighted by molar-refractivity contribution is 5.96. The number of amides is 1. The first kappa shape index (κ1) is 22.3. The average molecular weight is 423 g/mol. The molecule has 162 valence electrons. The lowest BCUT2D eigenvalue weighted by Gasteiger charge is -2.17. The van der Waals surface area contributed by atoms with Gasteiger partial charge in [-0.25, -0.2) is 4.39 Å². The summed E-state index contributed by atoms with van der Waals surface area (Å²) in [4.78, 5) is 13.1. The van der Waals surface area contributed by atoms with Crippen LogP contribution in [-0.4, -0.2) is 20.1 Å². The molecule has 3 N–H and O–H groups in total. The van der Waals surface area contributed by atoms with Gasteiger partial charge in [0.25, 0.3) is 5.91 Å². The van der Waals surface area contributed by atoms with Crippen LogP contribution in [0.5, 0.6) is 11.5 Å². The van der Waals surface area contributed by atoms with Gasteiger partial charge in [0.2, 0.25) is 0 Å². The van der Waals surface area contributed by atoms with Crippen molar-refractivity contribution in [3.05, 3.63) is 82.7 Å². The molecular weight excluding hydrogens is 395 g/mol. The Bertz CT molecular complexity index is 1080. The lowest BCUT2D eigenvalue weighted by Crippen LogP contribution is -2.27. The van der Waals surface area contributed by atoms with E-state index in [0.29, 0.717) is 17.1 Å². The fourth-order valence-corrected chi connectivity index (χ4v) is 3.49. The number of nitrogens with two attached hydrogens (primary N) is 1. The van der Waals surface area contributed by atoms with Gasteiger partial charge in [0, 0.05) is 18.2 Å². The molecule has 0 aliphatic heterocycles. The number of carbonyl (C=O) groups excluding carboxylic acids is 1. The van der Waals surface area contributed by atoms with E-state index in [1.165, 1.54) is 12.1 Å². The Morgan fingerprint density at radius 2 is 1.71 bits per heavy atom. The van der Waals surface area contributed by atoms with Crippen molar-refractivity contribution in [1.29, 1.82) is 0 Å². The van der Waals surface area contributed by atoms with Crippen molar-refractivity contribution >= 4 is 5.91 Å². The van der Waals surface area contributed by atoms with Gasteiger partial charge in [-0.3, -0.25) is 4.79 Å². The molecule has 0 saturated heterocycles. The summed E-state index contributed by atoms with van der Waals surface area (Å²) in [6.07, 6.45) is 0. The number of methoxy groups -OCH3 is 2. The fraction of sp³-hybridized carbons (Fsp3) is 0.240. The van der Waals surface area contributed by atoms with Crippen molar-refractivity contribution in [2.75, 3.05) is 14.2 Å². The molecule has 3 aromatic rings. The Morgan fingerprint density at radius 1 is 1.03 bits per heavy atom. The second kappa shape index (κ2) is 9.62. The van der Waals surface area contributed by atoms with E-state index in [-0.39, 0.29) is 24.3 Å². The van der Waals surface area contributed by atoms with Gasteiger partial charge in [0.15, 0.2) is 0 Å². The van der Waals surface area contributed by atoms with Gasteiger partial charge in [-0.1, -0.05) is 6.07 Å². The Hall–Kier alpha value is -3.38. The number of benzene rings is 3. The summed E-state index contributed by atoms with van der Waals surface area (Å²) in [5.74, 6) is 0.770. The van der Waals surface area contributed by atoms with E-state index >= 15 is 0 Å². The Kier molecular flexibility index (Phi) is 6.92. The summed E-state index contributed by atoms with van der Waals surface area (Å²) in [5, 5.41) is 3.02. The monoisotopic (exact) mass is 422 g/mol. The van der Waals surface area contributed by atoms with E-state index in [9.17, 15) is 9.18 Å². The second-order valence-corrected chi connectivity index (χ2v) is 7.42. The molecule has 0 aromatic heterocycles. The quantitative estimate of drug-likeness (QED) is 0.575. The maximum Gasteiger partial charge on any atom is 0.251 e. The van der Waals surface area contributed by atoms with E-state index < -0.39 is 0 Å². The van der Waals surface area contributed by atoms with Gasteiger partial charge in [-0.2, -0.15) is 0 Å². The predicted octanol–water partition coefficient (Wildman–Crippen LogP) is 4.77. The predicted molar refractivity (Wildman–Crippen MR) is 120 cm³/mol. The minimum Gasteiger partial charge on any atom is -0.497 e. The van der Waals surface area contributed by atoms with Crippen LogP contribution in [0.1, 0.15) is 40.0 Å². The lowest BCUT2D eigenvalue weighted by molar-refractivity contribution is 0.0939. The van der Waals surface area contributed by atoms with Crippen molar-refractivity contribution in [3.63, 3.8) is 0 Å². The number of rotatable bonds is 7. The molecule has 0 saturated carbocycles. The molecule has 31 heavy (non-hydrogen) atoms. The van der Waals surface area contributed by atoms with Crippen molar-refractivity contribution in [1.82, 2.24) is 5.32 Å². The third-order valence-corrected chi connectivity index (χ3v) is 5.21. The first-order valence-corrected chi connectivity index (χ1v) is 9.99. The zero-order chi connectivity index (χ0) is 22.5. The number of ether oxygens (including phenoxy) is 2. The molecule has 0 bridgehead atoms. The highest BCUT2D eigenvalue weighted by Crippen LogP contribution is 2.28. The molecule has 0 aliphatic rings. The van der Waals surface area contributed by atoms with Gasteiger partial charge < -0.3 is 20.5 Å². The molecule has 0 spiro atoms. The molecule has 0 radical (unpaired) electrons. The smallest absolute Gasteiger partial charge is 0.251 e. The summed E-state index contributed by atoms with van der Waals surface area (Å²) in [5.41, 5.74) is 10.5. The third-order valence-electron chi connectivity index (χ3n) is 5.21. The molecule has 0 aliphatic carbocycles. The van der Waals surface area contributed by atoms with Crippen LogP contribution in [-0.2, 0) is 6.54 Å². The van der Waals surface area contributed by atoms with Crippen LogP contribution in [0, 0.1) is 12.7 Å². The van der Waals surface area contributed by atoms with Crippen LogP contribution >= 0.6 is 0 Å². The molecule has 1 atom stereocenters. The number of hydrogen-bond donors (Lipinski definition) is 2. The van der Waals surface area contributed by atoms with E-state index in [1.807, 2.05) is 32.0 Å². The Labute approximate surface area is 182 Å². The van der Waals surface area contributed by atoms with E-state index in [1.54, 1.807) is 38.5 Å². The SMILES string of the molecule is COc1cc(OC)cc(C(C)NC(=O)c2cc(CN)cc(-c3ccc(F)cc3C)c2)c1. The standard InChI is InChI=1S/C25H27FN2O3/c1-15-7-21(26)5-6-24(15)19-8-17(14-27)9-20(10-19)25(29)28-16(2)18-11-22(30-3)13-23(12-18)31-4/h5-13,16H,14,27H2,1-4H3,(H,28,29). The molecule has 0 fully saturated rings. The van der Waals surface area contributed by atoms with Crippen molar-refractivity contribution in [2.24, 2.45) is 5.73 Å². The van der Waals surface area contributed by atoms with Crippen LogP contribution in [0.15, 0.2) is 54.6 Å². The summed E-state index contributed by atoms with van der Waals surface area (Å²) in [6.45, 7) is 4.02. The number of halogens is 1. The number of carbonyl (C=O) groups is 1. The number of hydrogen-bond acceptors (Lipinski definition) is 4. The maximum atomic E-state index is 13.5.